The van der Waals surface area contributed by atoms with Crippen LogP contribution in [-0.2, 0) is 18.7 Å². The normalized spacial score (nSPS) is 14.7. The van der Waals surface area contributed by atoms with Crippen molar-refractivity contribution in [3.8, 4) is 0 Å². The summed E-state index contributed by atoms with van der Waals surface area (Å²) < 4.78 is 1.99. The van der Waals surface area contributed by atoms with Crippen molar-refractivity contribution in [2.24, 2.45) is 0 Å². The summed E-state index contributed by atoms with van der Waals surface area (Å²) in [5.74, 6) is 0.362. The van der Waals surface area contributed by atoms with Crippen molar-refractivity contribution in [2.75, 3.05) is 0 Å². The largest absolute Gasteiger partial charge is 0.392 e. The van der Waals surface area contributed by atoms with Crippen molar-refractivity contribution in [3.63, 3.8) is 0 Å². The maximum Gasteiger partial charge on any atom is 0.272 e. The van der Waals surface area contributed by atoms with Crippen molar-refractivity contribution in [3.05, 3.63) is 52.8 Å². The molecule has 0 atom stereocenters. The van der Waals surface area contributed by atoms with Gasteiger partial charge in [-0.05, 0) is 50.8 Å². The molecule has 5 nitrogen and oxygen atoms in total. The first-order valence-corrected chi connectivity index (χ1v) is 8.46. The van der Waals surface area contributed by atoms with Crippen LogP contribution in [0.5, 0.6) is 0 Å². The van der Waals surface area contributed by atoms with Crippen molar-refractivity contribution in [1.82, 2.24) is 15.1 Å². The lowest BCUT2D eigenvalue weighted by Crippen LogP contribution is -2.27. The number of aliphatic hydroxyl groups is 1. The molecule has 0 aliphatic heterocycles. The van der Waals surface area contributed by atoms with Crippen LogP contribution in [0.1, 0.15) is 66.8 Å². The van der Waals surface area contributed by atoms with E-state index in [1.54, 1.807) is 0 Å². The quantitative estimate of drug-likeness (QED) is 0.887. The van der Waals surface area contributed by atoms with Gasteiger partial charge in [-0.1, -0.05) is 24.3 Å². The molecule has 24 heavy (non-hydrogen) atoms. The number of amides is 1. The first-order valence-electron chi connectivity index (χ1n) is 8.46. The third-order valence-corrected chi connectivity index (χ3v) is 4.33. The van der Waals surface area contributed by atoms with E-state index < -0.39 is 0 Å². The number of rotatable bonds is 5. The molecule has 1 aromatic carbocycles. The first-order chi connectivity index (χ1) is 11.4. The molecule has 1 aromatic heterocycles. The summed E-state index contributed by atoms with van der Waals surface area (Å²) in [4.78, 5) is 12.5. The van der Waals surface area contributed by atoms with Gasteiger partial charge >= 0.3 is 0 Å². The lowest BCUT2D eigenvalue weighted by Gasteiger charge is -2.22. The Balaban J connectivity index is 1.76. The lowest BCUT2D eigenvalue weighted by molar-refractivity contribution is 0.0944. The van der Waals surface area contributed by atoms with Gasteiger partial charge in [0.05, 0.1) is 12.1 Å². The molecule has 1 amide bonds. The Morgan fingerprint density at radius 3 is 2.54 bits per heavy atom. The number of aliphatic hydroxyl groups excluding tert-OH is 1. The second kappa shape index (κ2) is 6.40. The molecule has 2 aromatic rings. The standard InChI is InChI=1S/C19H25N3O2/c1-19(2,3)22-17(13-8-9-13)10-16(21-22)18(24)20-11-14-6-4-5-7-15(14)12-23/h4-7,10,13,23H,8-9,11-12H2,1-3H3,(H,20,24). The van der Waals surface area contributed by atoms with Crippen LogP contribution < -0.4 is 5.32 Å². The molecule has 5 heteroatoms. The van der Waals surface area contributed by atoms with E-state index in [1.807, 2.05) is 35.0 Å². The van der Waals surface area contributed by atoms with Crippen molar-refractivity contribution >= 4 is 5.91 Å². The zero-order chi connectivity index (χ0) is 17.3. The monoisotopic (exact) mass is 327 g/mol. The van der Waals surface area contributed by atoms with Gasteiger partial charge in [0.1, 0.15) is 5.69 Å². The Morgan fingerprint density at radius 2 is 1.96 bits per heavy atom. The second-order valence-electron chi connectivity index (χ2n) is 7.42. The van der Waals surface area contributed by atoms with Crippen LogP contribution in [0.15, 0.2) is 30.3 Å². The topological polar surface area (TPSA) is 67.2 Å². The fraction of sp³-hybridized carbons (Fsp3) is 0.474. The molecule has 1 aliphatic carbocycles. The van der Waals surface area contributed by atoms with Crippen LogP contribution in [0, 0.1) is 0 Å². The van der Waals surface area contributed by atoms with E-state index in [9.17, 15) is 9.90 Å². The maximum absolute atomic E-state index is 12.5. The van der Waals surface area contributed by atoms with E-state index >= 15 is 0 Å². The summed E-state index contributed by atoms with van der Waals surface area (Å²) in [6, 6.07) is 9.48. The van der Waals surface area contributed by atoms with E-state index in [0.29, 0.717) is 18.2 Å². The highest BCUT2D eigenvalue weighted by atomic mass is 16.3. The predicted molar refractivity (Wildman–Crippen MR) is 92.7 cm³/mol. The smallest absolute Gasteiger partial charge is 0.272 e. The molecular weight excluding hydrogens is 302 g/mol. The Labute approximate surface area is 142 Å². The molecule has 3 rings (SSSR count). The molecule has 1 saturated carbocycles. The van der Waals surface area contributed by atoms with Gasteiger partial charge in [-0.2, -0.15) is 5.10 Å². The number of hydrogen-bond acceptors (Lipinski definition) is 3. The molecule has 2 N–H and O–H groups in total. The minimum absolute atomic E-state index is 0.0312. The van der Waals surface area contributed by atoms with Crippen LogP contribution in [-0.4, -0.2) is 20.8 Å². The van der Waals surface area contributed by atoms with E-state index in [-0.39, 0.29) is 18.1 Å². The van der Waals surface area contributed by atoms with E-state index in [4.69, 9.17) is 0 Å². The first kappa shape index (κ1) is 16.7. The van der Waals surface area contributed by atoms with Gasteiger partial charge in [0.25, 0.3) is 5.91 Å². The van der Waals surface area contributed by atoms with Gasteiger partial charge in [-0.25, -0.2) is 0 Å². The molecule has 1 aliphatic rings. The third kappa shape index (κ3) is 3.51. The molecule has 1 fully saturated rings. The molecule has 128 valence electrons. The fourth-order valence-electron chi connectivity index (χ4n) is 2.86. The molecule has 1 heterocycles. The van der Waals surface area contributed by atoms with Gasteiger partial charge in [0, 0.05) is 18.2 Å². The maximum atomic E-state index is 12.5. The highest BCUT2D eigenvalue weighted by molar-refractivity contribution is 5.92. The summed E-state index contributed by atoms with van der Waals surface area (Å²) >= 11 is 0. The Bertz CT molecular complexity index is 739. The fourth-order valence-corrected chi connectivity index (χ4v) is 2.86. The summed E-state index contributed by atoms with van der Waals surface area (Å²) in [6.45, 7) is 6.66. The Hall–Kier alpha value is -2.14. The zero-order valence-corrected chi connectivity index (χ0v) is 14.5. The predicted octanol–water partition coefficient (Wildman–Crippen LogP) is 2.94. The highest BCUT2D eigenvalue weighted by Gasteiger charge is 2.32. The summed E-state index contributed by atoms with van der Waals surface area (Å²) in [5.41, 5.74) is 3.24. The average molecular weight is 327 g/mol. The summed E-state index contributed by atoms with van der Waals surface area (Å²) in [5, 5.41) is 16.8. The molecule has 0 bridgehead atoms. The molecule has 0 unspecified atom stereocenters. The minimum atomic E-state index is -0.173. The van der Waals surface area contributed by atoms with Crippen LogP contribution in [0.25, 0.3) is 0 Å². The van der Waals surface area contributed by atoms with Crippen molar-refractivity contribution < 1.29 is 9.90 Å². The average Bonchev–Trinajstić information content (AvgIpc) is 3.29. The van der Waals surface area contributed by atoms with Gasteiger partial charge in [0.15, 0.2) is 0 Å². The minimum Gasteiger partial charge on any atom is -0.392 e. The number of hydrogen-bond donors (Lipinski definition) is 2. The third-order valence-electron chi connectivity index (χ3n) is 4.33. The van der Waals surface area contributed by atoms with Gasteiger partial charge < -0.3 is 10.4 Å². The van der Waals surface area contributed by atoms with Crippen LogP contribution in [0.2, 0.25) is 0 Å². The Morgan fingerprint density at radius 1 is 1.29 bits per heavy atom. The second-order valence-corrected chi connectivity index (χ2v) is 7.42. The van der Waals surface area contributed by atoms with Crippen LogP contribution >= 0.6 is 0 Å². The molecular formula is C19H25N3O2. The van der Waals surface area contributed by atoms with E-state index in [1.165, 1.54) is 12.8 Å². The van der Waals surface area contributed by atoms with Crippen molar-refractivity contribution in [2.45, 2.75) is 58.2 Å². The number of nitrogens with zero attached hydrogens (tertiary/aromatic N) is 2. The SMILES string of the molecule is CC(C)(C)n1nc(C(=O)NCc2ccccc2CO)cc1C1CC1. The lowest BCUT2D eigenvalue weighted by atomic mass is 10.1. The van der Waals surface area contributed by atoms with E-state index in [2.05, 4.69) is 31.2 Å². The number of benzene rings is 1. The molecule has 0 saturated heterocycles. The van der Waals surface area contributed by atoms with Gasteiger partial charge in [-0.3, -0.25) is 9.48 Å². The number of carbonyl (C=O) groups is 1. The summed E-state index contributed by atoms with van der Waals surface area (Å²) in [6.07, 6.45) is 2.35. The molecule has 0 spiro atoms. The number of nitrogens with one attached hydrogen (secondary N) is 1. The number of aromatic nitrogens is 2. The number of carbonyl (C=O) groups excluding carboxylic acids is 1. The highest BCUT2D eigenvalue weighted by Crippen LogP contribution is 2.41. The van der Waals surface area contributed by atoms with Crippen LogP contribution in [0.3, 0.4) is 0 Å². The zero-order valence-electron chi connectivity index (χ0n) is 14.5. The van der Waals surface area contributed by atoms with Crippen molar-refractivity contribution in [1.29, 1.82) is 0 Å². The van der Waals surface area contributed by atoms with Crippen LogP contribution in [0.4, 0.5) is 0 Å². The Kier molecular flexibility index (Phi) is 4.45. The summed E-state index contributed by atoms with van der Waals surface area (Å²) in [7, 11) is 0. The van der Waals surface area contributed by atoms with E-state index in [0.717, 1.165) is 16.8 Å². The van der Waals surface area contributed by atoms with Gasteiger partial charge in [0.2, 0.25) is 0 Å². The van der Waals surface area contributed by atoms with Gasteiger partial charge in [-0.15, -0.1) is 0 Å². The molecule has 0 radical (unpaired) electrons.